The maximum absolute atomic E-state index is 8.32. The Morgan fingerprint density at radius 3 is 2.77 bits per heavy atom. The highest BCUT2D eigenvalue weighted by molar-refractivity contribution is 5.28. The van der Waals surface area contributed by atoms with Gasteiger partial charge < -0.3 is 0 Å². The van der Waals surface area contributed by atoms with Crippen molar-refractivity contribution >= 4 is 0 Å². The van der Waals surface area contributed by atoms with Crippen LogP contribution in [0.15, 0.2) is 29.5 Å². The molecule has 1 heteroatoms. The molecule has 1 nitrogen and oxygen atoms in total. The van der Waals surface area contributed by atoms with Crippen LogP contribution in [-0.4, -0.2) is 0 Å². The molecule has 1 aliphatic carbocycles. The zero-order valence-corrected chi connectivity index (χ0v) is 7.92. The molecule has 0 unspecified atom stereocenters. The van der Waals surface area contributed by atoms with Crippen LogP contribution in [0.25, 0.3) is 0 Å². The van der Waals surface area contributed by atoms with E-state index in [1.165, 1.54) is 24.8 Å². The summed E-state index contributed by atoms with van der Waals surface area (Å²) in [5.41, 5.74) is 4.51. The van der Waals surface area contributed by atoms with Crippen LogP contribution in [0.2, 0.25) is 0 Å². The predicted octanol–water partition coefficient (Wildman–Crippen LogP) is 3.50. The summed E-state index contributed by atoms with van der Waals surface area (Å²) >= 11 is 0. The summed E-state index contributed by atoms with van der Waals surface area (Å²) in [5.74, 6) is 0. The molecular weight excluding hydrogens is 158 g/mol. The zero-order valence-electron chi connectivity index (χ0n) is 7.92. The molecule has 0 N–H and O–H groups in total. The minimum Gasteiger partial charge on any atom is -0.198 e. The lowest BCUT2D eigenvalue weighted by atomic mass is 10.1. The van der Waals surface area contributed by atoms with Gasteiger partial charge in [-0.05, 0) is 30.9 Å². The van der Waals surface area contributed by atoms with Crippen LogP contribution in [0.4, 0.5) is 0 Å². The van der Waals surface area contributed by atoms with Crippen LogP contribution in [-0.2, 0) is 0 Å². The van der Waals surface area contributed by atoms with Gasteiger partial charge in [0.25, 0.3) is 0 Å². The number of nitrogens with zero attached hydrogens (tertiary/aromatic N) is 1. The van der Waals surface area contributed by atoms with Crippen molar-refractivity contribution in [3.63, 3.8) is 0 Å². The number of hydrogen-bond acceptors (Lipinski definition) is 1. The summed E-state index contributed by atoms with van der Waals surface area (Å²) < 4.78 is 0. The van der Waals surface area contributed by atoms with E-state index in [0.29, 0.717) is 6.42 Å². The monoisotopic (exact) mass is 173 g/mol. The first-order chi connectivity index (χ1) is 6.43. The van der Waals surface area contributed by atoms with Crippen LogP contribution in [0, 0.1) is 11.3 Å². The van der Waals surface area contributed by atoms with Gasteiger partial charge in [0.1, 0.15) is 0 Å². The Kier molecular flexibility index (Phi) is 4.76. The number of allylic oxidation sites excluding steroid dienone is 3. The molecule has 0 amide bonds. The summed E-state index contributed by atoms with van der Waals surface area (Å²) in [6, 6.07) is 2.17. The number of hydrogen-bond donors (Lipinski definition) is 0. The van der Waals surface area contributed by atoms with E-state index in [4.69, 9.17) is 5.26 Å². The summed E-state index contributed by atoms with van der Waals surface area (Å²) in [6.45, 7) is 0. The van der Waals surface area contributed by atoms with Crippen molar-refractivity contribution in [2.24, 2.45) is 0 Å². The first-order valence-electron chi connectivity index (χ1n) is 4.92. The Hall–Kier alpha value is -1.25. The van der Waals surface area contributed by atoms with Crippen molar-refractivity contribution in [1.29, 1.82) is 5.26 Å². The third kappa shape index (κ3) is 4.35. The molecule has 13 heavy (non-hydrogen) atoms. The fraction of sp³-hybridized carbons (Fsp3) is 0.500. The van der Waals surface area contributed by atoms with E-state index in [-0.39, 0.29) is 0 Å². The highest BCUT2D eigenvalue weighted by atomic mass is 14.2. The maximum Gasteiger partial charge on any atom is 0.0621 e. The average molecular weight is 173 g/mol. The lowest BCUT2D eigenvalue weighted by molar-refractivity contribution is 0.650. The van der Waals surface area contributed by atoms with Gasteiger partial charge in [-0.25, -0.2) is 0 Å². The Morgan fingerprint density at radius 1 is 1.23 bits per heavy atom. The molecule has 0 atom stereocenters. The number of nitriles is 1. The van der Waals surface area contributed by atoms with Crippen molar-refractivity contribution in [3.05, 3.63) is 29.5 Å². The molecule has 0 aromatic rings. The molecule has 0 heterocycles. The lowest BCUT2D eigenvalue weighted by Gasteiger charge is -1.97. The highest BCUT2D eigenvalue weighted by Gasteiger charge is 1.95. The second-order valence-corrected chi connectivity index (χ2v) is 3.27. The normalized spacial score (nSPS) is 13.0. The minimum absolute atomic E-state index is 0.711. The molecule has 0 spiro atoms. The fourth-order valence-corrected chi connectivity index (χ4v) is 1.40. The van der Waals surface area contributed by atoms with Gasteiger partial charge >= 0.3 is 0 Å². The molecule has 68 valence electrons. The van der Waals surface area contributed by atoms with Gasteiger partial charge in [-0.3, -0.25) is 0 Å². The van der Waals surface area contributed by atoms with Crippen molar-refractivity contribution in [1.82, 2.24) is 0 Å². The summed E-state index contributed by atoms with van der Waals surface area (Å²) in [4.78, 5) is 0. The molecule has 1 rings (SSSR count). The van der Waals surface area contributed by atoms with Crippen molar-refractivity contribution in [2.45, 2.75) is 38.5 Å². The first-order valence-corrected chi connectivity index (χ1v) is 4.92. The number of rotatable bonds is 6. The molecule has 0 saturated heterocycles. The van der Waals surface area contributed by atoms with Gasteiger partial charge in [-0.15, -0.1) is 5.73 Å². The largest absolute Gasteiger partial charge is 0.198 e. The van der Waals surface area contributed by atoms with E-state index in [1.807, 2.05) is 12.2 Å². The van der Waals surface area contributed by atoms with Gasteiger partial charge in [-0.1, -0.05) is 25.0 Å². The molecule has 0 fully saturated rings. The first kappa shape index (κ1) is 9.84. The lowest BCUT2D eigenvalue weighted by Crippen LogP contribution is -1.80. The highest BCUT2D eigenvalue weighted by Crippen LogP contribution is 2.13. The molecular formula is C12H15N. The van der Waals surface area contributed by atoms with Crippen LogP contribution >= 0.6 is 0 Å². The average Bonchev–Trinajstić information content (AvgIpc) is 2.63. The summed E-state index contributed by atoms with van der Waals surface area (Å²) in [6.07, 6.45) is 12.7. The Morgan fingerprint density at radius 2 is 2.08 bits per heavy atom. The van der Waals surface area contributed by atoms with E-state index in [2.05, 4.69) is 17.9 Å². The zero-order chi connectivity index (χ0) is 9.36. The molecule has 0 aliphatic heterocycles. The predicted molar refractivity (Wildman–Crippen MR) is 54.1 cm³/mol. The standard InChI is InChI=1S/C12H15N/c13-11-7-3-1-2-4-8-12-9-5-6-10-12/h5-6,9H,1-4,7-8H2. The fourth-order valence-electron chi connectivity index (χ4n) is 1.40. The van der Waals surface area contributed by atoms with E-state index >= 15 is 0 Å². The van der Waals surface area contributed by atoms with Crippen LogP contribution < -0.4 is 0 Å². The van der Waals surface area contributed by atoms with E-state index in [1.54, 1.807) is 0 Å². The SMILES string of the molecule is N#CCCCCCCC1=C=CC=C1. The third-order valence-corrected chi connectivity index (χ3v) is 2.15. The maximum atomic E-state index is 8.32. The van der Waals surface area contributed by atoms with Gasteiger partial charge in [0.2, 0.25) is 0 Å². The topological polar surface area (TPSA) is 23.8 Å². The van der Waals surface area contributed by atoms with E-state index in [0.717, 1.165) is 12.8 Å². The molecule has 1 aliphatic rings. The molecule has 0 radical (unpaired) electrons. The van der Waals surface area contributed by atoms with Crippen LogP contribution in [0.3, 0.4) is 0 Å². The van der Waals surface area contributed by atoms with Crippen LogP contribution in [0.5, 0.6) is 0 Å². The van der Waals surface area contributed by atoms with Gasteiger partial charge in [-0.2, -0.15) is 5.26 Å². The molecule has 0 aromatic heterocycles. The Bertz CT molecular complexity index is 272. The molecule has 0 bridgehead atoms. The van der Waals surface area contributed by atoms with Crippen molar-refractivity contribution in [3.8, 4) is 6.07 Å². The quantitative estimate of drug-likeness (QED) is 0.445. The van der Waals surface area contributed by atoms with E-state index in [9.17, 15) is 0 Å². The van der Waals surface area contributed by atoms with Crippen molar-refractivity contribution in [2.75, 3.05) is 0 Å². The second-order valence-electron chi connectivity index (χ2n) is 3.27. The van der Waals surface area contributed by atoms with Gasteiger partial charge in [0.05, 0.1) is 6.07 Å². The van der Waals surface area contributed by atoms with E-state index < -0.39 is 0 Å². The van der Waals surface area contributed by atoms with Crippen molar-refractivity contribution < 1.29 is 0 Å². The Labute approximate surface area is 80.1 Å². The van der Waals surface area contributed by atoms with Gasteiger partial charge in [0.15, 0.2) is 0 Å². The second kappa shape index (κ2) is 6.29. The van der Waals surface area contributed by atoms with Gasteiger partial charge in [0, 0.05) is 6.42 Å². The number of unbranched alkanes of at least 4 members (excludes halogenated alkanes) is 4. The van der Waals surface area contributed by atoms with Crippen LogP contribution in [0.1, 0.15) is 38.5 Å². The summed E-state index contributed by atoms with van der Waals surface area (Å²) in [7, 11) is 0. The summed E-state index contributed by atoms with van der Waals surface area (Å²) in [5, 5.41) is 8.32. The Balaban J connectivity index is 1.93. The molecule has 0 saturated carbocycles. The third-order valence-electron chi connectivity index (χ3n) is 2.15. The minimum atomic E-state index is 0.711. The molecule has 0 aromatic carbocycles. The smallest absolute Gasteiger partial charge is 0.0621 e.